The van der Waals surface area contributed by atoms with Gasteiger partial charge < -0.3 is 80.2 Å². The van der Waals surface area contributed by atoms with Crippen molar-refractivity contribution >= 4 is 65.0 Å². The van der Waals surface area contributed by atoms with E-state index in [9.17, 15) is 63.0 Å². The van der Waals surface area contributed by atoms with Gasteiger partial charge in [0, 0.05) is 6.42 Å². The zero-order valence-corrected chi connectivity index (χ0v) is 37.8. The molecule has 0 aliphatic carbocycles. The topological polar surface area (TPSA) is 443 Å². The molecule has 0 spiro atoms. The molecule has 18 N–H and O–H groups in total. The lowest BCUT2D eigenvalue weighted by molar-refractivity contribution is -0.143. The highest BCUT2D eigenvalue weighted by atomic mass is 16.4. The monoisotopic (exact) mass is 931 g/mol. The Bertz CT molecular complexity index is 1680. The van der Waals surface area contributed by atoms with Crippen LogP contribution in [0, 0.1) is 17.8 Å². The third-order valence-electron chi connectivity index (χ3n) is 9.21. The summed E-state index contributed by atoms with van der Waals surface area (Å²) in [6.45, 7) is 8.98. The van der Waals surface area contributed by atoms with Crippen LogP contribution in [0.2, 0.25) is 0 Å². The summed E-state index contributed by atoms with van der Waals surface area (Å²) in [7, 11) is 0. The number of hydrogen-bond donors (Lipinski definition) is 15. The van der Waals surface area contributed by atoms with Crippen LogP contribution in [0.25, 0.3) is 0 Å². The number of carboxylic acids is 1. The van der Waals surface area contributed by atoms with Crippen molar-refractivity contribution in [1.29, 1.82) is 0 Å². The lowest BCUT2D eigenvalue weighted by atomic mass is 9.98. The zero-order chi connectivity index (χ0) is 50.3. The number of carbonyl (C=O) groups excluding carboxylic acids is 10. The molecule has 65 heavy (non-hydrogen) atoms. The second-order valence-electron chi connectivity index (χ2n) is 16.7. The van der Waals surface area contributed by atoms with Crippen molar-refractivity contribution in [3.8, 4) is 0 Å². The molecule has 0 radical (unpaired) electrons. The van der Waals surface area contributed by atoms with Gasteiger partial charge in [-0.05, 0) is 50.4 Å². The number of hydrogen-bond acceptors (Lipinski definition) is 15. The van der Waals surface area contributed by atoms with Gasteiger partial charge in [-0.1, -0.05) is 41.5 Å². The van der Waals surface area contributed by atoms with Crippen LogP contribution in [0.1, 0.15) is 87.0 Å². The predicted molar refractivity (Wildman–Crippen MR) is 229 cm³/mol. The maximum absolute atomic E-state index is 14.0. The van der Waals surface area contributed by atoms with Crippen LogP contribution >= 0.6 is 0 Å². The van der Waals surface area contributed by atoms with Gasteiger partial charge in [0.15, 0.2) is 0 Å². The number of aliphatic hydroxyl groups excluding tert-OH is 3. The Morgan fingerprint density at radius 3 is 1.26 bits per heavy atom. The summed E-state index contributed by atoms with van der Waals surface area (Å²) in [6, 6.07) is -12.1. The molecule has 0 aliphatic rings. The van der Waals surface area contributed by atoms with Crippen LogP contribution < -0.4 is 59.7 Å². The van der Waals surface area contributed by atoms with Crippen molar-refractivity contribution < 1.29 is 73.2 Å². The first-order valence-corrected chi connectivity index (χ1v) is 21.0. The van der Waals surface area contributed by atoms with Crippen molar-refractivity contribution in [3.05, 3.63) is 0 Å². The average Bonchev–Trinajstić information content (AvgIpc) is 3.19. The molecule has 0 aliphatic heterocycles. The molecule has 9 atom stereocenters. The summed E-state index contributed by atoms with van der Waals surface area (Å²) in [4.78, 5) is 141. The number of nitrogens with two attached hydrogens (primary N) is 3. The number of amides is 10. The van der Waals surface area contributed by atoms with Gasteiger partial charge in [0.05, 0.1) is 32.3 Å². The minimum Gasteiger partial charge on any atom is -0.480 e. The summed E-state index contributed by atoms with van der Waals surface area (Å²) in [5.74, 6) is -12.0. The molecule has 0 fully saturated rings. The highest BCUT2D eigenvalue weighted by Gasteiger charge is 2.36. The minimum absolute atomic E-state index is 0.00735. The van der Waals surface area contributed by atoms with Crippen LogP contribution in [-0.2, 0) is 52.7 Å². The summed E-state index contributed by atoms with van der Waals surface area (Å²) >= 11 is 0. The Labute approximate surface area is 376 Å². The number of carbonyl (C=O) groups is 11. The largest absolute Gasteiger partial charge is 0.480 e. The van der Waals surface area contributed by atoms with E-state index in [0.717, 1.165) is 6.92 Å². The van der Waals surface area contributed by atoms with Gasteiger partial charge in [0.2, 0.25) is 59.1 Å². The maximum atomic E-state index is 14.0. The number of carboxylic acid groups (broad SMARTS) is 1. The van der Waals surface area contributed by atoms with E-state index in [1.54, 1.807) is 41.5 Å². The van der Waals surface area contributed by atoms with E-state index in [2.05, 4.69) is 37.2 Å². The molecule has 0 aromatic carbocycles. The Balaban J connectivity index is 6.46. The first kappa shape index (κ1) is 59.0. The highest BCUT2D eigenvalue weighted by molar-refractivity contribution is 5.98. The fourth-order valence-corrected chi connectivity index (χ4v) is 5.90. The van der Waals surface area contributed by atoms with Gasteiger partial charge in [-0.25, -0.2) is 4.79 Å². The molecule has 0 saturated heterocycles. The van der Waals surface area contributed by atoms with Gasteiger partial charge in [0.1, 0.15) is 48.3 Å². The van der Waals surface area contributed by atoms with E-state index in [4.69, 9.17) is 27.4 Å². The maximum Gasteiger partial charge on any atom is 0.328 e. The van der Waals surface area contributed by atoms with Crippen LogP contribution in [0.15, 0.2) is 0 Å². The van der Waals surface area contributed by atoms with Crippen LogP contribution in [0.5, 0.6) is 0 Å². The molecule has 10 amide bonds. The Morgan fingerprint density at radius 2 is 0.908 bits per heavy atom. The molecule has 0 aromatic heterocycles. The van der Waals surface area contributed by atoms with E-state index in [1.807, 2.05) is 5.32 Å². The first-order valence-electron chi connectivity index (χ1n) is 21.0. The molecular formula is C39H69N11O15. The second-order valence-corrected chi connectivity index (χ2v) is 16.7. The fourth-order valence-electron chi connectivity index (χ4n) is 5.90. The Hall–Kier alpha value is -5.99. The van der Waals surface area contributed by atoms with E-state index in [-0.39, 0.29) is 43.4 Å². The molecule has 0 heterocycles. The number of aliphatic carboxylic acids is 1. The number of rotatable bonds is 31. The predicted octanol–water partition coefficient (Wildman–Crippen LogP) is -6.45. The smallest absolute Gasteiger partial charge is 0.328 e. The van der Waals surface area contributed by atoms with E-state index >= 15 is 0 Å². The molecule has 0 bridgehead atoms. The van der Waals surface area contributed by atoms with Gasteiger partial charge in [0.25, 0.3) is 0 Å². The van der Waals surface area contributed by atoms with Crippen LogP contribution in [0.3, 0.4) is 0 Å². The normalized spacial score (nSPS) is 15.4. The molecule has 0 aromatic rings. The third kappa shape index (κ3) is 23.5. The molecule has 0 saturated carbocycles. The number of primary amides is 2. The van der Waals surface area contributed by atoms with Crippen LogP contribution in [-0.4, -0.2) is 160 Å². The van der Waals surface area contributed by atoms with E-state index < -0.39 is 152 Å². The summed E-state index contributed by atoms with van der Waals surface area (Å²) in [5, 5.41) is 56.2. The molecule has 26 heteroatoms. The SMILES string of the molecule is CC(C)C[C@H](NC(=O)[C@H](CC(C)C)NC(=O)[C@H](CC(C)C)NC(=O)[C@H](CCC(N)=O)NC(=O)[C@@H](NC(=O)[C@@H](N)CO)[C@@H](C)O)C(=O)N[C@@H](CC(N)=O)C(=O)NCC(=O)N[C@@H](CO)C(=O)O. The van der Waals surface area contributed by atoms with Crippen molar-refractivity contribution in [1.82, 2.24) is 42.5 Å². The zero-order valence-electron chi connectivity index (χ0n) is 37.8. The Kier molecular flexibility index (Phi) is 26.7. The van der Waals surface area contributed by atoms with E-state index in [1.165, 1.54) is 0 Å². The molecule has 0 unspecified atom stereocenters. The highest BCUT2D eigenvalue weighted by Crippen LogP contribution is 2.13. The first-order chi connectivity index (χ1) is 30.1. The minimum atomic E-state index is -1.67. The quantitative estimate of drug-likeness (QED) is 0.0307. The fraction of sp³-hybridized carbons (Fsp3) is 0.718. The van der Waals surface area contributed by atoms with Crippen LogP contribution in [0.4, 0.5) is 0 Å². The molecule has 0 rings (SSSR count). The number of aliphatic hydroxyl groups is 3. The van der Waals surface area contributed by atoms with Crippen molar-refractivity contribution in [2.75, 3.05) is 19.8 Å². The van der Waals surface area contributed by atoms with Crippen molar-refractivity contribution in [2.45, 2.75) is 141 Å². The summed E-state index contributed by atoms with van der Waals surface area (Å²) in [6.07, 6.45) is -3.12. The van der Waals surface area contributed by atoms with Gasteiger partial charge in [-0.3, -0.25) is 47.9 Å². The second kappa shape index (κ2) is 29.5. The standard InChI is InChI=1S/C39H69N11O15/c1-17(2)10-23(46-34(59)22(8-9-28(41)54)45-38(63)31(20(7)53)50-32(57)21(40)15-51)35(60)47-24(11-18(3)4)36(61)48-25(12-19(5)6)37(62)49-26(13-29(42)55)33(58)43-14-30(56)44-27(16-52)39(64)65/h17-27,31,51-53H,8-16,40H2,1-7H3,(H2,41,54)(H2,42,55)(H,43,58)(H,44,56)(H,45,63)(H,46,59)(H,47,60)(H,48,61)(H,49,62)(H,50,57)(H,64,65)/t20-,21+,22+,23+,24+,25+,26+,27+,31+/m1/s1. The molecule has 370 valence electrons. The van der Waals surface area contributed by atoms with Crippen molar-refractivity contribution in [2.24, 2.45) is 35.0 Å². The van der Waals surface area contributed by atoms with Crippen molar-refractivity contribution in [3.63, 3.8) is 0 Å². The average molecular weight is 932 g/mol. The third-order valence-corrected chi connectivity index (χ3v) is 9.21. The number of nitrogens with one attached hydrogen (secondary N) is 8. The van der Waals surface area contributed by atoms with E-state index in [0.29, 0.717) is 0 Å². The lowest BCUT2D eigenvalue weighted by Crippen LogP contribution is -2.61. The van der Waals surface area contributed by atoms with Gasteiger partial charge >= 0.3 is 5.97 Å². The lowest BCUT2D eigenvalue weighted by Gasteiger charge is -2.29. The molecular weight excluding hydrogens is 862 g/mol. The van der Waals surface area contributed by atoms with Gasteiger partial charge in [-0.15, -0.1) is 0 Å². The summed E-state index contributed by atoms with van der Waals surface area (Å²) < 4.78 is 0. The summed E-state index contributed by atoms with van der Waals surface area (Å²) in [5.41, 5.74) is 16.1. The molecule has 26 nitrogen and oxygen atoms in total. The van der Waals surface area contributed by atoms with Gasteiger partial charge in [-0.2, -0.15) is 0 Å². The Morgan fingerprint density at radius 1 is 0.492 bits per heavy atom.